The maximum atomic E-state index is 12.4. The van der Waals surface area contributed by atoms with Crippen molar-refractivity contribution in [3.05, 3.63) is 51.2 Å². The van der Waals surface area contributed by atoms with E-state index in [1.807, 2.05) is 35.3 Å². The Bertz CT molecular complexity index is 682. The molecule has 1 aromatic carbocycles. The number of amides is 2. The molecular formula is C18H22ClN3OS. The lowest BCUT2D eigenvalue weighted by Gasteiger charge is -2.34. The van der Waals surface area contributed by atoms with Crippen LogP contribution in [0.15, 0.2) is 35.7 Å². The highest BCUT2D eigenvalue weighted by atomic mass is 35.5. The second-order valence-electron chi connectivity index (χ2n) is 6.05. The molecule has 1 N–H and O–H groups in total. The molecule has 3 rings (SSSR count). The quantitative estimate of drug-likeness (QED) is 0.887. The fraction of sp³-hybridized carbons (Fsp3) is 0.389. The summed E-state index contributed by atoms with van der Waals surface area (Å²) in [6, 6.07) is 9.83. The van der Waals surface area contributed by atoms with Crippen LogP contribution in [0, 0.1) is 6.92 Å². The van der Waals surface area contributed by atoms with Crippen LogP contribution in [0.2, 0.25) is 5.02 Å². The van der Waals surface area contributed by atoms with Gasteiger partial charge in [0.05, 0.1) is 0 Å². The van der Waals surface area contributed by atoms with Crippen molar-refractivity contribution in [1.82, 2.24) is 9.80 Å². The van der Waals surface area contributed by atoms with Crippen LogP contribution in [0.25, 0.3) is 0 Å². The summed E-state index contributed by atoms with van der Waals surface area (Å²) in [5.74, 6) is 0. The first kappa shape index (κ1) is 17.3. The Morgan fingerprint density at radius 1 is 1.25 bits per heavy atom. The topological polar surface area (TPSA) is 35.6 Å². The fourth-order valence-electron chi connectivity index (χ4n) is 2.77. The zero-order valence-electron chi connectivity index (χ0n) is 13.8. The number of carbonyl (C=O) groups excluding carboxylic acids is 1. The van der Waals surface area contributed by atoms with E-state index in [4.69, 9.17) is 11.6 Å². The number of hydrogen-bond acceptors (Lipinski definition) is 3. The maximum absolute atomic E-state index is 12.4. The molecule has 2 amide bonds. The number of hydrogen-bond donors (Lipinski definition) is 1. The van der Waals surface area contributed by atoms with E-state index in [2.05, 4.69) is 27.7 Å². The molecule has 0 radical (unpaired) electrons. The lowest BCUT2D eigenvalue weighted by molar-refractivity contribution is 0.148. The molecule has 1 aliphatic heterocycles. The minimum absolute atomic E-state index is 0.0483. The van der Waals surface area contributed by atoms with Crippen LogP contribution >= 0.6 is 22.9 Å². The first-order valence-electron chi connectivity index (χ1n) is 8.18. The second-order valence-corrected chi connectivity index (χ2v) is 7.49. The molecule has 1 aromatic heterocycles. The third-order valence-corrected chi connectivity index (χ3v) is 5.68. The van der Waals surface area contributed by atoms with Crippen molar-refractivity contribution in [2.24, 2.45) is 0 Å². The van der Waals surface area contributed by atoms with Crippen molar-refractivity contribution < 1.29 is 4.79 Å². The smallest absolute Gasteiger partial charge is 0.321 e. The zero-order chi connectivity index (χ0) is 16.9. The summed E-state index contributed by atoms with van der Waals surface area (Å²) in [4.78, 5) is 18.1. The van der Waals surface area contributed by atoms with Crippen molar-refractivity contribution >= 4 is 34.7 Å². The number of nitrogens with one attached hydrogen (secondary N) is 1. The Morgan fingerprint density at radius 3 is 2.71 bits per heavy atom. The summed E-state index contributed by atoms with van der Waals surface area (Å²) in [5.41, 5.74) is 1.75. The largest absolute Gasteiger partial charge is 0.322 e. The van der Waals surface area contributed by atoms with Crippen LogP contribution in [0.1, 0.15) is 10.4 Å². The number of piperazine rings is 1. The monoisotopic (exact) mass is 363 g/mol. The molecule has 2 heterocycles. The molecule has 128 valence electrons. The van der Waals surface area contributed by atoms with E-state index in [-0.39, 0.29) is 6.03 Å². The normalized spacial score (nSPS) is 15.5. The lowest BCUT2D eigenvalue weighted by atomic mass is 10.2. The molecule has 0 atom stereocenters. The first-order chi connectivity index (χ1) is 11.6. The average Bonchev–Trinajstić information content (AvgIpc) is 3.10. The van der Waals surface area contributed by atoms with Crippen LogP contribution in [0.4, 0.5) is 10.5 Å². The second kappa shape index (κ2) is 8.01. The van der Waals surface area contributed by atoms with Gasteiger partial charge in [-0.2, -0.15) is 0 Å². The Balaban J connectivity index is 1.45. The van der Waals surface area contributed by atoms with Gasteiger partial charge in [-0.25, -0.2) is 4.79 Å². The summed E-state index contributed by atoms with van der Waals surface area (Å²) in [5, 5.41) is 5.73. The number of benzene rings is 1. The van der Waals surface area contributed by atoms with Crippen LogP contribution in [0.3, 0.4) is 0 Å². The van der Waals surface area contributed by atoms with Crippen LogP contribution in [0.5, 0.6) is 0 Å². The maximum Gasteiger partial charge on any atom is 0.321 e. The Hall–Kier alpha value is -1.56. The number of anilines is 1. The molecule has 0 saturated carbocycles. The van der Waals surface area contributed by atoms with E-state index in [1.54, 1.807) is 6.07 Å². The molecule has 24 heavy (non-hydrogen) atoms. The minimum Gasteiger partial charge on any atom is -0.322 e. The number of rotatable bonds is 4. The fourth-order valence-corrected chi connectivity index (χ4v) is 3.65. The molecule has 2 aromatic rings. The average molecular weight is 364 g/mol. The summed E-state index contributed by atoms with van der Waals surface area (Å²) >= 11 is 7.92. The van der Waals surface area contributed by atoms with E-state index >= 15 is 0 Å². The molecular weight excluding hydrogens is 342 g/mol. The highest BCUT2D eigenvalue weighted by Crippen LogP contribution is 2.20. The highest BCUT2D eigenvalue weighted by molar-refractivity contribution is 7.09. The molecule has 1 saturated heterocycles. The van der Waals surface area contributed by atoms with Gasteiger partial charge in [-0.05, 0) is 42.5 Å². The zero-order valence-corrected chi connectivity index (χ0v) is 15.4. The van der Waals surface area contributed by atoms with E-state index in [0.29, 0.717) is 5.02 Å². The summed E-state index contributed by atoms with van der Waals surface area (Å²) in [6.07, 6.45) is 1.09. The van der Waals surface area contributed by atoms with Crippen molar-refractivity contribution in [2.45, 2.75) is 13.3 Å². The molecule has 0 unspecified atom stereocenters. The van der Waals surface area contributed by atoms with Crippen molar-refractivity contribution in [3.8, 4) is 0 Å². The van der Waals surface area contributed by atoms with Crippen LogP contribution in [-0.4, -0.2) is 48.6 Å². The van der Waals surface area contributed by atoms with Gasteiger partial charge in [0, 0.05) is 48.3 Å². The Kier molecular flexibility index (Phi) is 5.76. The van der Waals surface area contributed by atoms with E-state index in [9.17, 15) is 4.79 Å². The van der Waals surface area contributed by atoms with Crippen LogP contribution in [-0.2, 0) is 6.42 Å². The van der Waals surface area contributed by atoms with Crippen LogP contribution < -0.4 is 5.32 Å². The van der Waals surface area contributed by atoms with E-state index < -0.39 is 0 Å². The Labute approximate surface area is 152 Å². The first-order valence-corrected chi connectivity index (χ1v) is 9.44. The predicted molar refractivity (Wildman–Crippen MR) is 101 cm³/mol. The van der Waals surface area contributed by atoms with Crippen molar-refractivity contribution in [2.75, 3.05) is 38.0 Å². The van der Waals surface area contributed by atoms with Gasteiger partial charge in [-0.3, -0.25) is 4.90 Å². The lowest BCUT2D eigenvalue weighted by Crippen LogP contribution is -2.50. The van der Waals surface area contributed by atoms with E-state index in [1.165, 1.54) is 4.88 Å². The molecule has 4 nitrogen and oxygen atoms in total. The van der Waals surface area contributed by atoms with Gasteiger partial charge in [-0.15, -0.1) is 11.3 Å². The summed E-state index contributed by atoms with van der Waals surface area (Å²) < 4.78 is 0. The van der Waals surface area contributed by atoms with Crippen molar-refractivity contribution in [3.63, 3.8) is 0 Å². The minimum atomic E-state index is -0.0483. The molecule has 0 aliphatic carbocycles. The number of halogens is 1. The summed E-state index contributed by atoms with van der Waals surface area (Å²) in [7, 11) is 0. The number of carbonyl (C=O) groups is 1. The summed E-state index contributed by atoms with van der Waals surface area (Å²) in [6.45, 7) is 6.37. The standard InChI is InChI=1S/C18H22ClN3OS/c1-14-4-5-15(13-17(14)19)20-18(23)22-10-8-21(9-11-22)7-6-16-3-2-12-24-16/h2-5,12-13H,6-11H2,1H3,(H,20,23). The molecule has 1 fully saturated rings. The third kappa shape index (κ3) is 4.50. The highest BCUT2D eigenvalue weighted by Gasteiger charge is 2.21. The van der Waals surface area contributed by atoms with Gasteiger partial charge in [0.15, 0.2) is 0 Å². The van der Waals surface area contributed by atoms with E-state index in [0.717, 1.165) is 50.4 Å². The SMILES string of the molecule is Cc1ccc(NC(=O)N2CCN(CCc3cccs3)CC2)cc1Cl. The number of urea groups is 1. The van der Waals surface area contributed by atoms with Gasteiger partial charge in [-0.1, -0.05) is 23.7 Å². The van der Waals surface area contributed by atoms with Gasteiger partial charge in [0.1, 0.15) is 0 Å². The molecule has 1 aliphatic rings. The van der Waals surface area contributed by atoms with Gasteiger partial charge in [0.2, 0.25) is 0 Å². The van der Waals surface area contributed by atoms with Gasteiger partial charge >= 0.3 is 6.03 Å². The number of aryl methyl sites for hydroxylation is 1. The van der Waals surface area contributed by atoms with Gasteiger partial charge < -0.3 is 10.2 Å². The predicted octanol–water partition coefficient (Wildman–Crippen LogP) is 4.10. The number of nitrogens with zero attached hydrogens (tertiary/aromatic N) is 2. The van der Waals surface area contributed by atoms with Gasteiger partial charge in [0.25, 0.3) is 0 Å². The van der Waals surface area contributed by atoms with Crippen molar-refractivity contribution in [1.29, 1.82) is 0 Å². The molecule has 0 bridgehead atoms. The molecule has 0 spiro atoms. The molecule has 6 heteroatoms. The third-order valence-electron chi connectivity index (χ3n) is 4.34. The number of thiophene rings is 1. The Morgan fingerprint density at radius 2 is 2.04 bits per heavy atom.